The summed E-state index contributed by atoms with van der Waals surface area (Å²) in [5.41, 5.74) is 0.790. The van der Waals surface area contributed by atoms with Crippen LogP contribution in [-0.4, -0.2) is 49.4 Å². The normalized spacial score (nSPS) is 25.5. The Morgan fingerprint density at radius 3 is 2.35 bits per heavy atom. The van der Waals surface area contributed by atoms with Gasteiger partial charge in [0, 0.05) is 18.5 Å². The second-order valence-corrected chi connectivity index (χ2v) is 8.49. The maximum atomic E-state index is 13.8. The molecule has 2 fully saturated rings. The number of aliphatic hydroxyl groups is 1. The molecule has 1 saturated carbocycles. The summed E-state index contributed by atoms with van der Waals surface area (Å²) in [7, 11) is 4.79. The Hall–Kier alpha value is -2.73. The number of amides is 1. The number of likely N-dealkylation sites (tertiary alicyclic amines) is 1. The number of ether oxygens (including phenoxy) is 3. The highest BCUT2D eigenvalue weighted by atomic mass is 16.5. The summed E-state index contributed by atoms with van der Waals surface area (Å²) >= 11 is 0. The fourth-order valence-corrected chi connectivity index (χ4v) is 5.25. The summed E-state index contributed by atoms with van der Waals surface area (Å²) in [5.74, 6) is 1.81. The lowest BCUT2D eigenvalue weighted by Gasteiger charge is -2.52. The van der Waals surface area contributed by atoms with Crippen molar-refractivity contribution in [1.29, 1.82) is 0 Å². The molecule has 1 aliphatic carbocycles. The van der Waals surface area contributed by atoms with Crippen molar-refractivity contribution < 1.29 is 24.1 Å². The van der Waals surface area contributed by atoms with E-state index in [2.05, 4.69) is 0 Å². The maximum absolute atomic E-state index is 13.8. The SMILES string of the molecule is COc1ccc(C2C3CCCCC3(O)CCN2C(=O)c2ccc(OC)cc2OC)cc1. The van der Waals surface area contributed by atoms with E-state index in [1.807, 2.05) is 29.2 Å². The van der Waals surface area contributed by atoms with E-state index in [0.29, 0.717) is 30.0 Å². The highest BCUT2D eigenvalue weighted by Gasteiger charge is 2.50. The molecule has 0 bridgehead atoms. The molecule has 31 heavy (non-hydrogen) atoms. The molecule has 1 amide bonds. The first-order valence-electron chi connectivity index (χ1n) is 10.9. The molecule has 3 atom stereocenters. The Morgan fingerprint density at radius 1 is 0.968 bits per heavy atom. The Morgan fingerprint density at radius 2 is 1.68 bits per heavy atom. The Balaban J connectivity index is 1.75. The predicted octanol–water partition coefficient (Wildman–Crippen LogP) is 4.22. The molecule has 0 radical (unpaired) electrons. The third-order valence-corrected chi connectivity index (χ3v) is 6.92. The Labute approximate surface area is 183 Å². The molecular weight excluding hydrogens is 394 g/mol. The molecule has 2 aromatic rings. The van der Waals surface area contributed by atoms with Crippen molar-refractivity contribution in [2.75, 3.05) is 27.9 Å². The number of fused-ring (bicyclic) bond motifs is 1. The second kappa shape index (κ2) is 8.79. The maximum Gasteiger partial charge on any atom is 0.258 e. The van der Waals surface area contributed by atoms with E-state index >= 15 is 0 Å². The molecule has 2 aromatic carbocycles. The van der Waals surface area contributed by atoms with Crippen LogP contribution in [0.15, 0.2) is 42.5 Å². The van der Waals surface area contributed by atoms with E-state index in [-0.39, 0.29) is 17.9 Å². The summed E-state index contributed by atoms with van der Waals surface area (Å²) in [4.78, 5) is 15.7. The van der Waals surface area contributed by atoms with Gasteiger partial charge in [-0.05, 0) is 49.1 Å². The minimum atomic E-state index is -0.733. The summed E-state index contributed by atoms with van der Waals surface area (Å²) < 4.78 is 16.1. The Kier molecular flexibility index (Phi) is 6.10. The van der Waals surface area contributed by atoms with Crippen LogP contribution < -0.4 is 14.2 Å². The number of nitrogens with zero attached hydrogens (tertiary/aromatic N) is 1. The van der Waals surface area contributed by atoms with Gasteiger partial charge in [-0.1, -0.05) is 25.0 Å². The van der Waals surface area contributed by atoms with Crippen molar-refractivity contribution in [2.24, 2.45) is 5.92 Å². The number of piperidine rings is 1. The van der Waals surface area contributed by atoms with Crippen molar-refractivity contribution in [3.63, 3.8) is 0 Å². The van der Waals surface area contributed by atoms with Crippen LogP contribution in [0.4, 0.5) is 0 Å². The zero-order valence-electron chi connectivity index (χ0n) is 18.5. The van der Waals surface area contributed by atoms with Gasteiger partial charge in [-0.25, -0.2) is 0 Å². The van der Waals surface area contributed by atoms with Crippen molar-refractivity contribution in [2.45, 2.75) is 43.7 Å². The van der Waals surface area contributed by atoms with E-state index in [4.69, 9.17) is 14.2 Å². The molecule has 1 heterocycles. The molecule has 0 spiro atoms. The number of hydrogen-bond acceptors (Lipinski definition) is 5. The standard InChI is InChI=1S/C25H31NO5/c1-29-18-9-7-17(8-10-18)23-21-6-4-5-13-25(21,28)14-15-26(23)24(27)20-12-11-19(30-2)16-22(20)31-3/h7-12,16,21,23,28H,4-6,13-15H2,1-3H3. The average Bonchev–Trinajstić information content (AvgIpc) is 2.82. The predicted molar refractivity (Wildman–Crippen MR) is 118 cm³/mol. The fraction of sp³-hybridized carbons (Fsp3) is 0.480. The summed E-state index contributed by atoms with van der Waals surface area (Å²) in [6.45, 7) is 0.498. The first-order valence-corrected chi connectivity index (χ1v) is 10.9. The number of benzene rings is 2. The highest BCUT2D eigenvalue weighted by molar-refractivity contribution is 5.97. The summed E-state index contributed by atoms with van der Waals surface area (Å²) in [5, 5.41) is 11.5. The van der Waals surface area contributed by atoms with Crippen LogP contribution >= 0.6 is 0 Å². The van der Waals surface area contributed by atoms with Crippen LogP contribution in [-0.2, 0) is 0 Å². The second-order valence-electron chi connectivity index (χ2n) is 8.49. The smallest absolute Gasteiger partial charge is 0.258 e. The molecule has 1 saturated heterocycles. The number of hydrogen-bond donors (Lipinski definition) is 1. The van der Waals surface area contributed by atoms with Gasteiger partial charge in [-0.3, -0.25) is 4.79 Å². The van der Waals surface area contributed by atoms with Gasteiger partial charge in [-0.2, -0.15) is 0 Å². The molecule has 3 unspecified atom stereocenters. The molecule has 0 aromatic heterocycles. The molecular formula is C25H31NO5. The molecule has 6 heteroatoms. The number of rotatable bonds is 5. The van der Waals surface area contributed by atoms with E-state index in [9.17, 15) is 9.90 Å². The number of methoxy groups -OCH3 is 3. The third kappa shape index (κ3) is 3.97. The van der Waals surface area contributed by atoms with Crippen LogP contribution in [0.1, 0.15) is 54.1 Å². The van der Waals surface area contributed by atoms with Gasteiger partial charge in [-0.15, -0.1) is 0 Å². The molecule has 1 N–H and O–H groups in total. The Bertz CT molecular complexity index is 928. The van der Waals surface area contributed by atoms with Gasteiger partial charge in [0.1, 0.15) is 17.2 Å². The first kappa shape index (κ1) is 21.5. The van der Waals surface area contributed by atoms with Crippen LogP contribution in [0.3, 0.4) is 0 Å². The molecule has 2 aliphatic rings. The zero-order valence-corrected chi connectivity index (χ0v) is 18.5. The fourth-order valence-electron chi connectivity index (χ4n) is 5.25. The minimum Gasteiger partial charge on any atom is -0.497 e. The van der Waals surface area contributed by atoms with Gasteiger partial charge in [0.25, 0.3) is 5.91 Å². The lowest BCUT2D eigenvalue weighted by molar-refractivity contribution is -0.115. The largest absolute Gasteiger partial charge is 0.497 e. The molecule has 1 aliphatic heterocycles. The van der Waals surface area contributed by atoms with Crippen LogP contribution in [0.2, 0.25) is 0 Å². The van der Waals surface area contributed by atoms with Crippen LogP contribution in [0, 0.1) is 5.92 Å². The number of carbonyl (C=O) groups excluding carboxylic acids is 1. The number of carbonyl (C=O) groups is 1. The van der Waals surface area contributed by atoms with Crippen molar-refractivity contribution >= 4 is 5.91 Å². The van der Waals surface area contributed by atoms with Gasteiger partial charge in [0.2, 0.25) is 0 Å². The first-order chi connectivity index (χ1) is 15.0. The van der Waals surface area contributed by atoms with Crippen molar-refractivity contribution in [3.05, 3.63) is 53.6 Å². The zero-order chi connectivity index (χ0) is 22.0. The van der Waals surface area contributed by atoms with Crippen molar-refractivity contribution in [3.8, 4) is 17.2 Å². The lowest BCUT2D eigenvalue weighted by atomic mass is 9.66. The monoisotopic (exact) mass is 425 g/mol. The topological polar surface area (TPSA) is 68.2 Å². The average molecular weight is 426 g/mol. The summed E-state index contributed by atoms with van der Waals surface area (Å²) in [6, 6.07) is 12.9. The quantitative estimate of drug-likeness (QED) is 0.777. The molecule has 4 rings (SSSR count). The lowest BCUT2D eigenvalue weighted by Crippen LogP contribution is -2.56. The van der Waals surface area contributed by atoms with Gasteiger partial charge in [0.15, 0.2) is 0 Å². The van der Waals surface area contributed by atoms with Gasteiger partial charge < -0.3 is 24.2 Å². The van der Waals surface area contributed by atoms with Crippen LogP contribution in [0.5, 0.6) is 17.2 Å². The summed E-state index contributed by atoms with van der Waals surface area (Å²) in [6.07, 6.45) is 4.37. The van der Waals surface area contributed by atoms with Crippen molar-refractivity contribution in [1.82, 2.24) is 4.90 Å². The van der Waals surface area contributed by atoms with E-state index in [1.165, 1.54) is 0 Å². The van der Waals surface area contributed by atoms with Gasteiger partial charge >= 0.3 is 0 Å². The molecule has 6 nitrogen and oxygen atoms in total. The third-order valence-electron chi connectivity index (χ3n) is 6.92. The van der Waals surface area contributed by atoms with E-state index < -0.39 is 5.60 Å². The van der Waals surface area contributed by atoms with Crippen LogP contribution in [0.25, 0.3) is 0 Å². The minimum absolute atomic E-state index is 0.00316. The highest BCUT2D eigenvalue weighted by Crippen LogP contribution is 2.50. The van der Waals surface area contributed by atoms with E-state index in [1.54, 1.807) is 39.5 Å². The molecule has 166 valence electrons. The van der Waals surface area contributed by atoms with E-state index in [0.717, 1.165) is 37.0 Å². The van der Waals surface area contributed by atoms with Gasteiger partial charge in [0.05, 0.1) is 38.5 Å².